The van der Waals surface area contributed by atoms with Crippen LogP contribution in [0.3, 0.4) is 0 Å². The van der Waals surface area contributed by atoms with Crippen molar-refractivity contribution in [2.75, 3.05) is 20.2 Å². The van der Waals surface area contributed by atoms with Gasteiger partial charge in [0.2, 0.25) is 0 Å². The molecule has 4 heteroatoms. The number of rotatable bonds is 5. The van der Waals surface area contributed by atoms with Crippen molar-refractivity contribution in [3.05, 3.63) is 35.9 Å². The van der Waals surface area contributed by atoms with Crippen LogP contribution in [0.1, 0.15) is 12.0 Å². The number of benzene rings is 1. The van der Waals surface area contributed by atoms with E-state index in [9.17, 15) is 4.79 Å². The summed E-state index contributed by atoms with van der Waals surface area (Å²) in [6, 6.07) is 9.61. The summed E-state index contributed by atoms with van der Waals surface area (Å²) in [6.07, 6.45) is 0.618. The number of ether oxygens (including phenoxy) is 1. The summed E-state index contributed by atoms with van der Waals surface area (Å²) in [5.41, 5.74) is 11.0. The van der Waals surface area contributed by atoms with Crippen molar-refractivity contribution in [1.29, 1.82) is 0 Å². The molecule has 4 nitrogen and oxygen atoms in total. The highest BCUT2D eigenvalue weighted by Gasteiger charge is 2.72. The van der Waals surface area contributed by atoms with Crippen molar-refractivity contribution in [3.8, 4) is 0 Å². The molecular weight excluding hydrogens is 216 g/mol. The average molecular weight is 234 g/mol. The van der Waals surface area contributed by atoms with Gasteiger partial charge < -0.3 is 16.2 Å². The zero-order valence-electron chi connectivity index (χ0n) is 9.98. The Balaban J connectivity index is 2.46. The Morgan fingerprint density at radius 2 is 2.00 bits per heavy atom. The predicted octanol–water partition coefficient (Wildman–Crippen LogP) is 0.200. The van der Waals surface area contributed by atoms with Crippen LogP contribution in [0.25, 0.3) is 0 Å². The van der Waals surface area contributed by atoms with Gasteiger partial charge in [0, 0.05) is 13.7 Å². The van der Waals surface area contributed by atoms with Crippen molar-refractivity contribution in [2.45, 2.75) is 17.4 Å². The molecule has 1 aliphatic carbocycles. The molecule has 0 radical (unpaired) electrons. The number of carbonyl (C=O) groups excluding carboxylic acids is 1. The molecule has 2 atom stereocenters. The first-order valence-corrected chi connectivity index (χ1v) is 5.71. The largest absolute Gasteiger partial charge is 0.375 e. The van der Waals surface area contributed by atoms with Gasteiger partial charge in [-0.15, -0.1) is 0 Å². The van der Waals surface area contributed by atoms with Gasteiger partial charge in [0.05, 0.1) is 17.6 Å². The Bertz CT molecular complexity index is 415. The SMILES string of the molecule is COC1(CN)CC1(C(=O)CN)c1ccccc1. The van der Waals surface area contributed by atoms with Gasteiger partial charge in [-0.25, -0.2) is 0 Å². The minimum atomic E-state index is -0.646. The summed E-state index contributed by atoms with van der Waals surface area (Å²) in [6.45, 7) is 0.337. The summed E-state index contributed by atoms with van der Waals surface area (Å²) in [5.74, 6) is -0.00370. The number of carbonyl (C=O) groups is 1. The summed E-state index contributed by atoms with van der Waals surface area (Å²) in [5, 5.41) is 0. The molecule has 1 aliphatic rings. The molecular formula is C13H18N2O2. The Morgan fingerprint density at radius 3 is 2.41 bits per heavy atom. The maximum absolute atomic E-state index is 12.2. The van der Waals surface area contributed by atoms with Gasteiger partial charge in [0.25, 0.3) is 0 Å². The van der Waals surface area contributed by atoms with Crippen LogP contribution in [-0.4, -0.2) is 31.6 Å². The van der Waals surface area contributed by atoms with Gasteiger partial charge in [-0.05, 0) is 12.0 Å². The second kappa shape index (κ2) is 4.22. The van der Waals surface area contributed by atoms with E-state index >= 15 is 0 Å². The zero-order valence-corrected chi connectivity index (χ0v) is 9.98. The Morgan fingerprint density at radius 1 is 1.35 bits per heavy atom. The van der Waals surface area contributed by atoms with Gasteiger partial charge in [-0.3, -0.25) is 4.79 Å². The van der Waals surface area contributed by atoms with Crippen molar-refractivity contribution >= 4 is 5.78 Å². The molecule has 17 heavy (non-hydrogen) atoms. The molecule has 0 saturated heterocycles. The fourth-order valence-corrected chi connectivity index (χ4v) is 2.74. The maximum atomic E-state index is 12.2. The van der Waals surface area contributed by atoms with Crippen molar-refractivity contribution in [3.63, 3.8) is 0 Å². The normalized spacial score (nSPS) is 31.2. The number of ketones is 1. The van der Waals surface area contributed by atoms with Crippen LogP contribution in [0.2, 0.25) is 0 Å². The van der Waals surface area contributed by atoms with Gasteiger partial charge in [0.1, 0.15) is 0 Å². The van der Waals surface area contributed by atoms with E-state index < -0.39 is 11.0 Å². The first-order chi connectivity index (χ1) is 8.16. The Hall–Kier alpha value is -1.23. The van der Waals surface area contributed by atoms with E-state index in [-0.39, 0.29) is 12.3 Å². The topological polar surface area (TPSA) is 78.3 Å². The lowest BCUT2D eigenvalue weighted by Crippen LogP contribution is -2.41. The van der Waals surface area contributed by atoms with Gasteiger partial charge >= 0.3 is 0 Å². The van der Waals surface area contributed by atoms with Gasteiger partial charge in [0.15, 0.2) is 5.78 Å². The maximum Gasteiger partial charge on any atom is 0.159 e. The molecule has 1 fully saturated rings. The molecule has 0 amide bonds. The third-order valence-corrected chi connectivity index (χ3v) is 3.85. The Labute approximate surface area is 101 Å². The van der Waals surface area contributed by atoms with Crippen LogP contribution in [-0.2, 0) is 14.9 Å². The van der Waals surface area contributed by atoms with Crippen molar-refractivity contribution in [1.82, 2.24) is 0 Å². The van der Waals surface area contributed by atoms with Crippen molar-refractivity contribution < 1.29 is 9.53 Å². The van der Waals surface area contributed by atoms with E-state index in [4.69, 9.17) is 16.2 Å². The summed E-state index contributed by atoms with van der Waals surface area (Å²) in [4.78, 5) is 12.2. The average Bonchev–Trinajstić information content (AvgIpc) is 3.10. The smallest absolute Gasteiger partial charge is 0.159 e. The first-order valence-electron chi connectivity index (χ1n) is 5.71. The number of hydrogen-bond acceptors (Lipinski definition) is 4. The lowest BCUT2D eigenvalue weighted by atomic mass is 9.87. The highest BCUT2D eigenvalue weighted by molar-refractivity contribution is 5.97. The third kappa shape index (κ3) is 1.52. The second-order valence-electron chi connectivity index (χ2n) is 4.48. The summed E-state index contributed by atoms with van der Waals surface area (Å²) in [7, 11) is 1.60. The first kappa shape index (κ1) is 12.2. The van der Waals surface area contributed by atoms with Gasteiger partial charge in [-0.2, -0.15) is 0 Å². The van der Waals surface area contributed by atoms with E-state index in [0.29, 0.717) is 13.0 Å². The number of hydrogen-bond donors (Lipinski definition) is 2. The fraction of sp³-hybridized carbons (Fsp3) is 0.462. The van der Waals surface area contributed by atoms with Crippen LogP contribution in [0.4, 0.5) is 0 Å². The van der Waals surface area contributed by atoms with Gasteiger partial charge in [-0.1, -0.05) is 30.3 Å². The van der Waals surface area contributed by atoms with Crippen molar-refractivity contribution in [2.24, 2.45) is 11.5 Å². The lowest BCUT2D eigenvalue weighted by molar-refractivity contribution is -0.122. The Kier molecular flexibility index (Phi) is 3.03. The summed E-state index contributed by atoms with van der Waals surface area (Å²) < 4.78 is 5.49. The fourth-order valence-electron chi connectivity index (χ4n) is 2.74. The minimum Gasteiger partial charge on any atom is -0.375 e. The monoisotopic (exact) mass is 234 g/mol. The number of Topliss-reactive ketones (excluding diaryl/α,β-unsaturated/α-hetero) is 1. The molecule has 92 valence electrons. The van der Waals surface area contributed by atoms with Crippen LogP contribution >= 0.6 is 0 Å². The van der Waals surface area contributed by atoms with E-state index in [2.05, 4.69) is 0 Å². The molecule has 1 aromatic rings. The van der Waals surface area contributed by atoms with Crippen LogP contribution in [0, 0.1) is 0 Å². The third-order valence-electron chi connectivity index (χ3n) is 3.85. The predicted molar refractivity (Wildman–Crippen MR) is 65.6 cm³/mol. The van der Waals surface area contributed by atoms with E-state index in [1.807, 2.05) is 30.3 Å². The molecule has 1 aromatic carbocycles. The van der Waals surface area contributed by atoms with E-state index in [0.717, 1.165) is 5.56 Å². The quantitative estimate of drug-likeness (QED) is 0.763. The molecule has 0 heterocycles. The minimum absolute atomic E-state index is 0.00370. The van der Waals surface area contributed by atoms with E-state index in [1.165, 1.54) is 0 Å². The van der Waals surface area contributed by atoms with E-state index in [1.54, 1.807) is 7.11 Å². The molecule has 0 aromatic heterocycles. The molecule has 0 aliphatic heterocycles. The molecule has 2 rings (SSSR count). The number of nitrogens with two attached hydrogens (primary N) is 2. The highest BCUT2D eigenvalue weighted by atomic mass is 16.5. The van der Waals surface area contributed by atoms with Crippen LogP contribution in [0.15, 0.2) is 30.3 Å². The molecule has 2 unspecified atom stereocenters. The lowest BCUT2D eigenvalue weighted by Gasteiger charge is -2.22. The summed E-state index contributed by atoms with van der Waals surface area (Å²) >= 11 is 0. The standard InChI is InChI=1S/C13H18N2O2/c1-17-12(9-15)8-13(12,11(16)7-14)10-5-3-2-4-6-10/h2-6H,7-9,14-15H2,1H3. The number of methoxy groups -OCH3 is 1. The highest BCUT2D eigenvalue weighted by Crippen LogP contribution is 2.59. The molecule has 0 spiro atoms. The molecule has 0 bridgehead atoms. The molecule has 1 saturated carbocycles. The van der Waals surface area contributed by atoms with Crippen LogP contribution < -0.4 is 11.5 Å². The zero-order chi connectivity index (χ0) is 12.5. The molecule has 4 N–H and O–H groups in total. The second-order valence-corrected chi connectivity index (χ2v) is 4.48. The van der Waals surface area contributed by atoms with Crippen LogP contribution in [0.5, 0.6) is 0 Å².